The molecule has 0 spiro atoms. The number of carbonyl (C=O) groups excluding carboxylic acids is 1. The zero-order valence-corrected chi connectivity index (χ0v) is 13.8. The van der Waals surface area contributed by atoms with E-state index in [1.54, 1.807) is 17.7 Å². The van der Waals surface area contributed by atoms with Gasteiger partial charge in [-0.05, 0) is 18.4 Å². The summed E-state index contributed by atoms with van der Waals surface area (Å²) in [6, 6.07) is 10.1. The van der Waals surface area contributed by atoms with Gasteiger partial charge in [0.2, 0.25) is 0 Å². The molecule has 1 fully saturated rings. The van der Waals surface area contributed by atoms with Gasteiger partial charge in [-0.3, -0.25) is 0 Å². The average molecular weight is 338 g/mol. The van der Waals surface area contributed by atoms with Crippen LogP contribution in [0.25, 0.3) is 21.3 Å². The molecule has 0 N–H and O–H groups in total. The van der Waals surface area contributed by atoms with Crippen LogP contribution in [0.4, 0.5) is 5.82 Å². The van der Waals surface area contributed by atoms with Gasteiger partial charge in [-0.1, -0.05) is 30.3 Å². The molecule has 2 aromatic heterocycles. The standard InChI is InChI=1S/C18H17N3O2S/c22-18(23)13-7-4-8-21(9-13)16-15-14(12-5-2-1-3-6-12)10-24-17(15)20-11-19-16/h1-3,5-6,10-11,13H,4,7-9H2,(H,22,23)/p-1/t13-/m1/s1. The van der Waals surface area contributed by atoms with Gasteiger partial charge in [0, 0.05) is 35.9 Å². The molecule has 1 aliphatic heterocycles. The van der Waals surface area contributed by atoms with Crippen LogP contribution in [0.15, 0.2) is 42.0 Å². The fourth-order valence-electron chi connectivity index (χ4n) is 3.29. The summed E-state index contributed by atoms with van der Waals surface area (Å²) < 4.78 is 0. The molecule has 3 aromatic rings. The van der Waals surface area contributed by atoms with Crippen molar-refractivity contribution in [3.8, 4) is 11.1 Å². The van der Waals surface area contributed by atoms with E-state index < -0.39 is 11.9 Å². The van der Waals surface area contributed by atoms with Crippen molar-refractivity contribution in [1.29, 1.82) is 0 Å². The summed E-state index contributed by atoms with van der Waals surface area (Å²) in [7, 11) is 0. The number of anilines is 1. The minimum atomic E-state index is -0.974. The van der Waals surface area contributed by atoms with Crippen LogP contribution in [-0.2, 0) is 4.79 Å². The molecule has 0 bridgehead atoms. The molecule has 122 valence electrons. The van der Waals surface area contributed by atoms with Gasteiger partial charge in [0.1, 0.15) is 17.0 Å². The predicted octanol–water partition coefficient (Wildman–Crippen LogP) is 2.32. The number of hydrogen-bond acceptors (Lipinski definition) is 6. The molecule has 1 saturated heterocycles. The van der Waals surface area contributed by atoms with Crippen LogP contribution in [-0.4, -0.2) is 29.0 Å². The normalized spacial score (nSPS) is 18.0. The number of carbonyl (C=O) groups is 1. The van der Waals surface area contributed by atoms with E-state index in [1.165, 1.54) is 0 Å². The maximum Gasteiger partial charge on any atom is 0.141 e. The number of nitrogens with zero attached hydrogens (tertiary/aromatic N) is 3. The van der Waals surface area contributed by atoms with Crippen LogP contribution >= 0.6 is 11.3 Å². The lowest BCUT2D eigenvalue weighted by atomic mass is 9.97. The third kappa shape index (κ3) is 2.63. The molecule has 0 radical (unpaired) electrons. The van der Waals surface area contributed by atoms with Gasteiger partial charge >= 0.3 is 0 Å². The molecule has 0 unspecified atom stereocenters. The van der Waals surface area contributed by atoms with E-state index in [4.69, 9.17) is 0 Å². The topological polar surface area (TPSA) is 69.2 Å². The first-order valence-corrected chi connectivity index (χ1v) is 8.85. The number of thiophene rings is 1. The zero-order chi connectivity index (χ0) is 16.5. The molecule has 1 aliphatic rings. The fourth-order valence-corrected chi connectivity index (χ4v) is 4.20. The van der Waals surface area contributed by atoms with E-state index >= 15 is 0 Å². The Morgan fingerprint density at radius 1 is 1.25 bits per heavy atom. The highest BCUT2D eigenvalue weighted by atomic mass is 32.1. The van der Waals surface area contributed by atoms with Crippen molar-refractivity contribution < 1.29 is 9.90 Å². The highest BCUT2D eigenvalue weighted by molar-refractivity contribution is 7.17. The van der Waals surface area contributed by atoms with Crippen molar-refractivity contribution in [3.05, 3.63) is 42.0 Å². The number of rotatable bonds is 3. The Labute approximate surface area is 143 Å². The van der Waals surface area contributed by atoms with E-state index in [0.29, 0.717) is 13.0 Å². The van der Waals surface area contributed by atoms with Gasteiger partial charge in [0.25, 0.3) is 0 Å². The molecule has 4 rings (SSSR count). The second-order valence-electron chi connectivity index (χ2n) is 6.00. The molecule has 0 amide bonds. The molecule has 0 saturated carbocycles. The Morgan fingerprint density at radius 3 is 2.88 bits per heavy atom. The zero-order valence-electron chi connectivity index (χ0n) is 13.0. The summed E-state index contributed by atoms with van der Waals surface area (Å²) in [5.74, 6) is -0.591. The van der Waals surface area contributed by atoms with Crippen LogP contribution in [0.2, 0.25) is 0 Å². The summed E-state index contributed by atoms with van der Waals surface area (Å²) in [4.78, 5) is 23.1. The van der Waals surface area contributed by atoms with E-state index in [0.717, 1.165) is 40.1 Å². The summed E-state index contributed by atoms with van der Waals surface area (Å²) >= 11 is 1.59. The van der Waals surface area contributed by atoms with Crippen LogP contribution in [0.1, 0.15) is 12.8 Å². The Hall–Kier alpha value is -2.47. The summed E-state index contributed by atoms with van der Waals surface area (Å²) in [5, 5.41) is 14.4. The number of hydrogen-bond donors (Lipinski definition) is 0. The largest absolute Gasteiger partial charge is 0.550 e. The third-order valence-corrected chi connectivity index (χ3v) is 5.38. The lowest BCUT2D eigenvalue weighted by Crippen LogP contribution is -2.44. The number of aliphatic carboxylic acids is 1. The van der Waals surface area contributed by atoms with E-state index in [2.05, 4.69) is 32.4 Å². The van der Waals surface area contributed by atoms with Gasteiger partial charge in [0.15, 0.2) is 0 Å². The highest BCUT2D eigenvalue weighted by Gasteiger charge is 2.24. The van der Waals surface area contributed by atoms with E-state index in [-0.39, 0.29) is 0 Å². The van der Waals surface area contributed by atoms with Crippen LogP contribution in [0.3, 0.4) is 0 Å². The van der Waals surface area contributed by atoms with Gasteiger partial charge in [-0.25, -0.2) is 9.97 Å². The van der Waals surface area contributed by atoms with E-state index in [1.807, 2.05) is 18.2 Å². The molecule has 6 heteroatoms. The molecule has 1 atom stereocenters. The van der Waals surface area contributed by atoms with Gasteiger partial charge in [-0.2, -0.15) is 0 Å². The van der Waals surface area contributed by atoms with Crippen LogP contribution in [0, 0.1) is 5.92 Å². The molecule has 0 aliphatic carbocycles. The first kappa shape index (κ1) is 15.1. The number of carboxylic acid groups (broad SMARTS) is 1. The molecule has 5 nitrogen and oxygen atoms in total. The van der Waals surface area contributed by atoms with Crippen molar-refractivity contribution in [1.82, 2.24) is 9.97 Å². The minimum absolute atomic E-state index is 0.442. The van der Waals surface area contributed by atoms with Crippen molar-refractivity contribution in [2.75, 3.05) is 18.0 Å². The smallest absolute Gasteiger partial charge is 0.141 e. The number of aromatic nitrogens is 2. The molecular weight excluding hydrogens is 322 g/mol. The number of piperidine rings is 1. The maximum atomic E-state index is 11.3. The van der Waals surface area contributed by atoms with Gasteiger partial charge < -0.3 is 14.8 Å². The van der Waals surface area contributed by atoms with Crippen LogP contribution < -0.4 is 10.0 Å². The minimum Gasteiger partial charge on any atom is -0.550 e. The predicted molar refractivity (Wildman–Crippen MR) is 92.8 cm³/mol. The van der Waals surface area contributed by atoms with Gasteiger partial charge in [0.05, 0.1) is 5.39 Å². The molecule has 1 aromatic carbocycles. The van der Waals surface area contributed by atoms with Crippen molar-refractivity contribution in [3.63, 3.8) is 0 Å². The first-order chi connectivity index (χ1) is 11.7. The van der Waals surface area contributed by atoms with Gasteiger partial charge in [-0.15, -0.1) is 11.3 Å². The monoisotopic (exact) mass is 338 g/mol. The Morgan fingerprint density at radius 2 is 2.08 bits per heavy atom. The lowest BCUT2D eigenvalue weighted by molar-refractivity contribution is -0.311. The third-order valence-electron chi connectivity index (χ3n) is 4.49. The lowest BCUT2D eigenvalue weighted by Gasteiger charge is -2.34. The quantitative estimate of drug-likeness (QED) is 0.733. The Balaban J connectivity index is 1.81. The van der Waals surface area contributed by atoms with Crippen molar-refractivity contribution in [2.24, 2.45) is 5.92 Å². The number of carboxylic acids is 1. The Kier molecular flexibility index (Phi) is 3.90. The number of fused-ring (bicyclic) bond motifs is 1. The molecule has 3 heterocycles. The summed E-state index contributed by atoms with van der Waals surface area (Å²) in [6.07, 6.45) is 3.06. The second kappa shape index (κ2) is 6.20. The van der Waals surface area contributed by atoms with Crippen molar-refractivity contribution >= 4 is 33.3 Å². The molecular formula is C18H16N3O2S-. The summed E-state index contributed by atoms with van der Waals surface area (Å²) in [5.41, 5.74) is 2.22. The molecule has 24 heavy (non-hydrogen) atoms. The highest BCUT2D eigenvalue weighted by Crippen LogP contribution is 2.38. The maximum absolute atomic E-state index is 11.3. The first-order valence-electron chi connectivity index (χ1n) is 7.97. The number of benzene rings is 1. The SMILES string of the molecule is O=C([O-])[C@@H]1CCCN(c2ncnc3scc(-c4ccccc4)c23)C1. The van der Waals surface area contributed by atoms with Crippen molar-refractivity contribution in [2.45, 2.75) is 12.8 Å². The van der Waals surface area contributed by atoms with Crippen LogP contribution in [0.5, 0.6) is 0 Å². The summed E-state index contributed by atoms with van der Waals surface area (Å²) in [6.45, 7) is 1.25. The fraction of sp³-hybridized carbons (Fsp3) is 0.278. The Bertz CT molecular complexity index is 878. The van der Waals surface area contributed by atoms with E-state index in [9.17, 15) is 9.90 Å². The average Bonchev–Trinajstić information content (AvgIpc) is 3.07. The second-order valence-corrected chi connectivity index (χ2v) is 6.86.